The number of halogens is 3. The minimum atomic E-state index is -2.63. The predicted molar refractivity (Wildman–Crippen MR) is 40.1 cm³/mol. The monoisotopic (exact) mass is 193 g/mol. The highest BCUT2D eigenvalue weighted by Crippen LogP contribution is 2.26. The summed E-state index contributed by atoms with van der Waals surface area (Å²) in [5.41, 5.74) is -0.272. The van der Waals surface area contributed by atoms with E-state index in [2.05, 4.69) is 4.98 Å². The molecule has 0 spiro atoms. The van der Waals surface area contributed by atoms with Crippen LogP contribution in [0, 0.1) is 0 Å². The molecule has 0 aliphatic rings. The van der Waals surface area contributed by atoms with Crippen molar-refractivity contribution in [3.63, 3.8) is 0 Å². The van der Waals surface area contributed by atoms with Crippen molar-refractivity contribution in [3.8, 4) is 0 Å². The van der Waals surface area contributed by atoms with Crippen molar-refractivity contribution in [1.29, 1.82) is 0 Å². The first-order chi connectivity index (χ1) is 5.66. The molecule has 0 radical (unpaired) electrons. The molecule has 2 nitrogen and oxygen atoms in total. The summed E-state index contributed by atoms with van der Waals surface area (Å²) >= 11 is 5.47. The molecule has 0 saturated carbocycles. The third-order valence-corrected chi connectivity index (χ3v) is 1.76. The van der Waals surface area contributed by atoms with Gasteiger partial charge in [0.1, 0.15) is 5.15 Å². The molecule has 66 valence electrons. The van der Waals surface area contributed by atoms with E-state index in [0.717, 1.165) is 6.07 Å². The van der Waals surface area contributed by atoms with Crippen LogP contribution in [0.5, 0.6) is 0 Å². The van der Waals surface area contributed by atoms with Gasteiger partial charge in [-0.25, -0.2) is 13.8 Å². The van der Waals surface area contributed by atoms with Gasteiger partial charge < -0.3 is 5.11 Å². The highest BCUT2D eigenvalue weighted by Gasteiger charge is 2.14. The fourth-order valence-corrected chi connectivity index (χ4v) is 1.07. The van der Waals surface area contributed by atoms with Crippen molar-refractivity contribution >= 4 is 11.6 Å². The van der Waals surface area contributed by atoms with Crippen molar-refractivity contribution in [2.24, 2.45) is 0 Å². The number of aliphatic hydroxyl groups is 1. The van der Waals surface area contributed by atoms with Crippen LogP contribution in [0.25, 0.3) is 0 Å². The molecule has 1 aromatic rings. The highest BCUT2D eigenvalue weighted by atomic mass is 35.5. The molecule has 1 N–H and O–H groups in total. The molecule has 0 atom stereocenters. The number of nitrogens with zero attached hydrogens (tertiary/aromatic N) is 1. The molecule has 0 saturated heterocycles. The van der Waals surface area contributed by atoms with E-state index >= 15 is 0 Å². The van der Waals surface area contributed by atoms with E-state index in [1.807, 2.05) is 0 Å². The second-order valence-electron chi connectivity index (χ2n) is 2.13. The van der Waals surface area contributed by atoms with Gasteiger partial charge in [0.2, 0.25) is 0 Å². The van der Waals surface area contributed by atoms with Crippen LogP contribution in [0.2, 0.25) is 5.15 Å². The molecule has 12 heavy (non-hydrogen) atoms. The molecule has 0 aliphatic heterocycles. The van der Waals surface area contributed by atoms with Crippen molar-refractivity contribution in [3.05, 3.63) is 28.5 Å². The zero-order valence-corrected chi connectivity index (χ0v) is 6.72. The van der Waals surface area contributed by atoms with E-state index in [-0.39, 0.29) is 16.3 Å². The molecular weight excluding hydrogens is 188 g/mol. The number of alkyl halides is 2. The normalized spacial score (nSPS) is 10.8. The quantitative estimate of drug-likeness (QED) is 0.731. The van der Waals surface area contributed by atoms with Crippen LogP contribution in [-0.4, -0.2) is 10.1 Å². The van der Waals surface area contributed by atoms with Crippen LogP contribution >= 0.6 is 11.6 Å². The minimum absolute atomic E-state index is 0.00540. The largest absolute Gasteiger partial charge is 0.392 e. The topological polar surface area (TPSA) is 33.1 Å². The third kappa shape index (κ3) is 1.70. The Morgan fingerprint density at radius 1 is 1.58 bits per heavy atom. The van der Waals surface area contributed by atoms with Gasteiger partial charge in [0.25, 0.3) is 6.43 Å². The average molecular weight is 194 g/mol. The van der Waals surface area contributed by atoms with Gasteiger partial charge in [-0.2, -0.15) is 0 Å². The van der Waals surface area contributed by atoms with Crippen LogP contribution in [0.1, 0.15) is 17.6 Å². The van der Waals surface area contributed by atoms with E-state index in [1.165, 1.54) is 6.20 Å². The van der Waals surface area contributed by atoms with Gasteiger partial charge in [-0.3, -0.25) is 0 Å². The standard InChI is InChI=1S/C7H6ClF2NO/c8-6-5(3-12)4(7(9)10)1-2-11-6/h1-2,7,12H,3H2. The van der Waals surface area contributed by atoms with E-state index in [0.29, 0.717) is 0 Å². The third-order valence-electron chi connectivity index (χ3n) is 1.43. The van der Waals surface area contributed by atoms with Crippen molar-refractivity contribution < 1.29 is 13.9 Å². The Labute approximate surface area is 72.8 Å². The lowest BCUT2D eigenvalue weighted by atomic mass is 10.1. The van der Waals surface area contributed by atoms with E-state index in [1.54, 1.807) is 0 Å². The van der Waals surface area contributed by atoms with Gasteiger partial charge in [0, 0.05) is 17.3 Å². The molecule has 0 amide bonds. The number of hydrogen-bond acceptors (Lipinski definition) is 2. The number of aliphatic hydroxyl groups excluding tert-OH is 1. The fourth-order valence-electron chi connectivity index (χ4n) is 0.842. The fraction of sp³-hybridized carbons (Fsp3) is 0.286. The molecule has 1 heterocycles. The van der Waals surface area contributed by atoms with Crippen molar-refractivity contribution in [1.82, 2.24) is 4.98 Å². The maximum absolute atomic E-state index is 12.2. The Balaban J connectivity index is 3.18. The second-order valence-corrected chi connectivity index (χ2v) is 2.49. The second kappa shape index (κ2) is 3.78. The van der Waals surface area contributed by atoms with Crippen LogP contribution in [0.15, 0.2) is 12.3 Å². The van der Waals surface area contributed by atoms with Crippen LogP contribution in [-0.2, 0) is 6.61 Å². The van der Waals surface area contributed by atoms with Crippen LogP contribution in [0.4, 0.5) is 8.78 Å². The zero-order valence-electron chi connectivity index (χ0n) is 5.97. The van der Waals surface area contributed by atoms with E-state index in [9.17, 15) is 8.78 Å². The summed E-state index contributed by atoms with van der Waals surface area (Å²) in [6, 6.07) is 1.14. The smallest absolute Gasteiger partial charge is 0.264 e. The molecular formula is C7H6ClF2NO. The molecule has 0 aliphatic carbocycles. The first kappa shape index (κ1) is 9.35. The van der Waals surface area contributed by atoms with Gasteiger partial charge in [0.05, 0.1) is 6.61 Å². The molecule has 1 aromatic heterocycles. The Hall–Kier alpha value is -0.740. The molecule has 1 rings (SSSR count). The Kier molecular flexibility index (Phi) is 2.94. The zero-order chi connectivity index (χ0) is 9.14. The molecule has 5 heteroatoms. The Morgan fingerprint density at radius 3 is 2.67 bits per heavy atom. The summed E-state index contributed by atoms with van der Waals surface area (Å²) in [6.45, 7) is -0.521. The van der Waals surface area contributed by atoms with Gasteiger partial charge in [-0.15, -0.1) is 0 Å². The first-order valence-electron chi connectivity index (χ1n) is 3.19. The predicted octanol–water partition coefficient (Wildman–Crippen LogP) is 2.16. The molecule has 0 aromatic carbocycles. The summed E-state index contributed by atoms with van der Waals surface area (Å²) in [6.07, 6.45) is -1.45. The van der Waals surface area contributed by atoms with Gasteiger partial charge >= 0.3 is 0 Å². The molecule has 0 unspecified atom stereocenters. The van der Waals surface area contributed by atoms with E-state index < -0.39 is 13.0 Å². The van der Waals surface area contributed by atoms with Gasteiger partial charge in [-0.05, 0) is 6.07 Å². The summed E-state index contributed by atoms with van der Waals surface area (Å²) < 4.78 is 24.4. The van der Waals surface area contributed by atoms with Crippen molar-refractivity contribution in [2.75, 3.05) is 0 Å². The van der Waals surface area contributed by atoms with Crippen LogP contribution < -0.4 is 0 Å². The van der Waals surface area contributed by atoms with Crippen LogP contribution in [0.3, 0.4) is 0 Å². The minimum Gasteiger partial charge on any atom is -0.392 e. The number of rotatable bonds is 2. The lowest BCUT2D eigenvalue weighted by Crippen LogP contribution is -1.97. The van der Waals surface area contributed by atoms with Gasteiger partial charge in [-0.1, -0.05) is 11.6 Å². The summed E-state index contributed by atoms with van der Waals surface area (Å²) in [5, 5.41) is 8.62. The Bertz CT molecular complexity index is 280. The average Bonchev–Trinajstić information content (AvgIpc) is 2.03. The summed E-state index contributed by atoms with van der Waals surface area (Å²) in [5.74, 6) is 0. The Morgan fingerprint density at radius 2 is 2.25 bits per heavy atom. The number of aromatic nitrogens is 1. The molecule has 0 fully saturated rings. The number of hydrogen-bond donors (Lipinski definition) is 1. The lowest BCUT2D eigenvalue weighted by molar-refractivity contribution is 0.147. The maximum Gasteiger partial charge on any atom is 0.264 e. The lowest BCUT2D eigenvalue weighted by Gasteiger charge is -2.06. The summed E-state index contributed by atoms with van der Waals surface area (Å²) in [7, 11) is 0. The number of pyridine rings is 1. The summed E-state index contributed by atoms with van der Waals surface area (Å²) in [4.78, 5) is 3.57. The SMILES string of the molecule is OCc1c(C(F)F)ccnc1Cl. The van der Waals surface area contributed by atoms with Crippen molar-refractivity contribution in [2.45, 2.75) is 13.0 Å². The molecule has 0 bridgehead atoms. The maximum atomic E-state index is 12.2. The van der Waals surface area contributed by atoms with E-state index in [4.69, 9.17) is 16.7 Å². The first-order valence-corrected chi connectivity index (χ1v) is 3.57. The highest BCUT2D eigenvalue weighted by molar-refractivity contribution is 6.30. The van der Waals surface area contributed by atoms with Gasteiger partial charge in [0.15, 0.2) is 0 Å².